The molecule has 1 atom stereocenters. The number of anilines is 1. The molecule has 5 rings (SSSR count). The van der Waals surface area contributed by atoms with Crippen LogP contribution in [0.2, 0.25) is 0 Å². The number of carbonyl (C=O) groups excluding carboxylic acids is 2. The third kappa shape index (κ3) is 4.72. The number of amides is 1. The Labute approximate surface area is 211 Å². The first-order valence-corrected chi connectivity index (χ1v) is 12.9. The SMILES string of the molecule is O=C1C(=O)N(Cc2ccc(F)cc2)c2ccc(S(=O)(=O)N3CCC[C@H]3COc3ccc(F)cc3F)cc21. The number of Topliss-reactive ketones (excluding diaryl/α,β-unsaturated/α-hetero) is 1. The van der Waals surface area contributed by atoms with E-state index in [0.717, 1.165) is 12.1 Å². The van der Waals surface area contributed by atoms with Gasteiger partial charge in [0, 0.05) is 12.6 Å². The Balaban J connectivity index is 1.37. The summed E-state index contributed by atoms with van der Waals surface area (Å²) in [7, 11) is -4.08. The molecule has 192 valence electrons. The minimum Gasteiger partial charge on any atom is -0.489 e. The summed E-state index contributed by atoms with van der Waals surface area (Å²) >= 11 is 0. The highest BCUT2D eigenvalue weighted by Gasteiger charge is 2.40. The molecule has 0 aliphatic carbocycles. The van der Waals surface area contributed by atoms with E-state index in [0.29, 0.717) is 24.5 Å². The standard InChI is InChI=1S/C26H21F3N2O5S/c27-17-5-3-16(4-6-17)14-30-23-9-8-20(13-21(23)25(32)26(30)33)37(34,35)31-11-1-2-19(31)15-36-24-10-7-18(28)12-22(24)29/h3-10,12-13,19H,1-2,11,14-15H2/t19-/m0/s1. The number of ether oxygens (including phenoxy) is 1. The molecule has 2 aliphatic rings. The summed E-state index contributed by atoms with van der Waals surface area (Å²) in [6, 6.07) is 11.7. The normalized spacial score (nSPS) is 17.9. The molecule has 0 unspecified atom stereocenters. The van der Waals surface area contributed by atoms with Gasteiger partial charge < -0.3 is 9.64 Å². The van der Waals surface area contributed by atoms with Gasteiger partial charge in [-0.2, -0.15) is 4.31 Å². The van der Waals surface area contributed by atoms with Crippen molar-refractivity contribution in [3.8, 4) is 5.75 Å². The molecule has 1 fully saturated rings. The van der Waals surface area contributed by atoms with Crippen LogP contribution in [0.3, 0.4) is 0 Å². The maximum Gasteiger partial charge on any atom is 0.299 e. The van der Waals surface area contributed by atoms with Crippen molar-refractivity contribution in [1.82, 2.24) is 4.31 Å². The minimum absolute atomic E-state index is 0.0232. The number of rotatable bonds is 7. The third-order valence-electron chi connectivity index (χ3n) is 6.45. The smallest absolute Gasteiger partial charge is 0.299 e. The van der Waals surface area contributed by atoms with E-state index in [4.69, 9.17) is 4.74 Å². The molecule has 2 aliphatic heterocycles. The Kier molecular flexibility index (Phi) is 6.50. The zero-order valence-corrected chi connectivity index (χ0v) is 20.2. The molecular weight excluding hydrogens is 509 g/mol. The Morgan fingerprint density at radius 2 is 1.65 bits per heavy atom. The number of fused-ring (bicyclic) bond motifs is 1. The Hall–Kier alpha value is -3.70. The molecule has 7 nitrogen and oxygen atoms in total. The van der Waals surface area contributed by atoms with Gasteiger partial charge in [-0.15, -0.1) is 0 Å². The van der Waals surface area contributed by atoms with E-state index in [1.54, 1.807) is 0 Å². The van der Waals surface area contributed by atoms with Crippen molar-refractivity contribution >= 4 is 27.4 Å². The molecule has 0 aromatic heterocycles. The van der Waals surface area contributed by atoms with Crippen molar-refractivity contribution in [2.45, 2.75) is 30.3 Å². The van der Waals surface area contributed by atoms with Gasteiger partial charge >= 0.3 is 0 Å². The van der Waals surface area contributed by atoms with Gasteiger partial charge in [-0.3, -0.25) is 9.59 Å². The van der Waals surface area contributed by atoms with E-state index in [1.165, 1.54) is 51.7 Å². The summed E-state index contributed by atoms with van der Waals surface area (Å²) in [4.78, 5) is 26.4. The Morgan fingerprint density at radius 3 is 2.38 bits per heavy atom. The molecule has 3 aromatic rings. The highest BCUT2D eigenvalue weighted by Crippen LogP contribution is 2.35. The molecule has 0 N–H and O–H groups in total. The van der Waals surface area contributed by atoms with Crippen LogP contribution in [0.4, 0.5) is 18.9 Å². The molecule has 2 heterocycles. The fraction of sp³-hybridized carbons (Fsp3) is 0.231. The van der Waals surface area contributed by atoms with Crippen LogP contribution in [0.15, 0.2) is 65.6 Å². The summed E-state index contributed by atoms with van der Waals surface area (Å²) in [5, 5.41) is 0. The van der Waals surface area contributed by atoms with Crippen LogP contribution in [0.1, 0.15) is 28.8 Å². The first-order valence-electron chi connectivity index (χ1n) is 11.5. The number of sulfonamides is 1. The lowest BCUT2D eigenvalue weighted by atomic mass is 10.1. The molecular formula is C26H21F3N2O5S. The van der Waals surface area contributed by atoms with Crippen molar-refractivity contribution in [3.05, 3.63) is 89.2 Å². The summed E-state index contributed by atoms with van der Waals surface area (Å²) in [5.41, 5.74) is 0.838. The van der Waals surface area contributed by atoms with Crippen LogP contribution in [0.5, 0.6) is 5.75 Å². The molecule has 0 saturated carbocycles. The highest BCUT2D eigenvalue weighted by molar-refractivity contribution is 7.89. The lowest BCUT2D eigenvalue weighted by molar-refractivity contribution is -0.114. The van der Waals surface area contributed by atoms with E-state index in [2.05, 4.69) is 0 Å². The topological polar surface area (TPSA) is 84.0 Å². The van der Waals surface area contributed by atoms with Crippen LogP contribution < -0.4 is 9.64 Å². The molecule has 0 bridgehead atoms. The van der Waals surface area contributed by atoms with Crippen LogP contribution in [0.25, 0.3) is 0 Å². The average molecular weight is 531 g/mol. The van der Waals surface area contributed by atoms with Crippen molar-refractivity contribution in [2.75, 3.05) is 18.1 Å². The second-order valence-electron chi connectivity index (χ2n) is 8.82. The van der Waals surface area contributed by atoms with Crippen molar-refractivity contribution in [1.29, 1.82) is 0 Å². The number of ketones is 1. The van der Waals surface area contributed by atoms with Crippen LogP contribution in [-0.4, -0.2) is 43.6 Å². The van der Waals surface area contributed by atoms with Crippen molar-refractivity contribution in [3.63, 3.8) is 0 Å². The van der Waals surface area contributed by atoms with Gasteiger partial charge in [0.2, 0.25) is 10.0 Å². The third-order valence-corrected chi connectivity index (χ3v) is 8.40. The maximum absolute atomic E-state index is 13.9. The zero-order valence-electron chi connectivity index (χ0n) is 19.4. The lowest BCUT2D eigenvalue weighted by Gasteiger charge is -2.24. The van der Waals surface area contributed by atoms with Gasteiger partial charge in [-0.05, 0) is 60.9 Å². The fourth-order valence-electron chi connectivity index (χ4n) is 4.58. The van der Waals surface area contributed by atoms with Crippen LogP contribution in [-0.2, 0) is 21.4 Å². The van der Waals surface area contributed by atoms with E-state index in [9.17, 15) is 31.2 Å². The van der Waals surface area contributed by atoms with Crippen LogP contribution in [0, 0.1) is 17.5 Å². The lowest BCUT2D eigenvalue weighted by Crippen LogP contribution is -2.39. The average Bonchev–Trinajstić information content (AvgIpc) is 3.44. The number of hydrogen-bond acceptors (Lipinski definition) is 5. The number of benzene rings is 3. The summed E-state index contributed by atoms with van der Waals surface area (Å²) < 4.78 is 73.9. The number of halogens is 3. The van der Waals surface area contributed by atoms with Gasteiger partial charge in [0.15, 0.2) is 11.6 Å². The van der Waals surface area contributed by atoms with Gasteiger partial charge in [-0.25, -0.2) is 21.6 Å². The predicted molar refractivity (Wildman–Crippen MR) is 127 cm³/mol. The quantitative estimate of drug-likeness (QED) is 0.430. The minimum atomic E-state index is -4.08. The molecule has 37 heavy (non-hydrogen) atoms. The van der Waals surface area contributed by atoms with Gasteiger partial charge in [0.25, 0.3) is 11.7 Å². The van der Waals surface area contributed by atoms with Gasteiger partial charge in [0.05, 0.1) is 28.7 Å². The van der Waals surface area contributed by atoms with Crippen molar-refractivity contribution in [2.24, 2.45) is 0 Å². The summed E-state index contributed by atoms with van der Waals surface area (Å²) in [5.74, 6) is -3.90. The van der Waals surface area contributed by atoms with E-state index in [-0.39, 0.29) is 41.6 Å². The molecule has 1 saturated heterocycles. The molecule has 11 heteroatoms. The molecule has 3 aromatic carbocycles. The predicted octanol–water partition coefficient (Wildman–Crippen LogP) is 4.07. The van der Waals surface area contributed by atoms with E-state index >= 15 is 0 Å². The first-order chi connectivity index (χ1) is 17.6. The van der Waals surface area contributed by atoms with Crippen molar-refractivity contribution < 1.29 is 35.9 Å². The maximum atomic E-state index is 13.9. The largest absolute Gasteiger partial charge is 0.489 e. The number of hydrogen-bond donors (Lipinski definition) is 0. The summed E-state index contributed by atoms with van der Waals surface area (Å²) in [6.45, 7) is 0.0773. The molecule has 0 spiro atoms. The number of nitrogens with zero attached hydrogens (tertiary/aromatic N) is 2. The fourth-order valence-corrected chi connectivity index (χ4v) is 6.28. The van der Waals surface area contributed by atoms with Gasteiger partial charge in [0.1, 0.15) is 18.2 Å². The Morgan fingerprint density at radius 1 is 0.919 bits per heavy atom. The van der Waals surface area contributed by atoms with E-state index in [1.807, 2.05) is 0 Å². The Bertz CT molecular complexity index is 1490. The molecule has 0 radical (unpaired) electrons. The van der Waals surface area contributed by atoms with Gasteiger partial charge in [-0.1, -0.05) is 12.1 Å². The summed E-state index contributed by atoms with van der Waals surface area (Å²) in [6.07, 6.45) is 1.02. The second-order valence-corrected chi connectivity index (χ2v) is 10.7. The number of carbonyl (C=O) groups is 2. The first kappa shape index (κ1) is 25.0. The van der Waals surface area contributed by atoms with Crippen LogP contribution >= 0.6 is 0 Å². The zero-order chi connectivity index (χ0) is 26.3. The second kappa shape index (κ2) is 9.64. The monoisotopic (exact) mass is 530 g/mol. The highest BCUT2D eigenvalue weighted by atomic mass is 32.2. The molecule has 1 amide bonds. The van der Waals surface area contributed by atoms with E-state index < -0.39 is 45.2 Å².